The summed E-state index contributed by atoms with van der Waals surface area (Å²) in [5.74, 6) is -0.856. The number of ether oxygens (including phenoxy) is 1. The summed E-state index contributed by atoms with van der Waals surface area (Å²) >= 11 is 0. The third-order valence-electron chi connectivity index (χ3n) is 6.45. The molecule has 30 heavy (non-hydrogen) atoms. The monoisotopic (exact) mass is 410 g/mol. The zero-order valence-electron chi connectivity index (χ0n) is 17.2. The van der Waals surface area contributed by atoms with Gasteiger partial charge in [0.15, 0.2) is 0 Å². The molecule has 4 rings (SSSR count). The summed E-state index contributed by atoms with van der Waals surface area (Å²) in [6, 6.07) is 13.6. The van der Waals surface area contributed by atoms with Crippen molar-refractivity contribution in [2.24, 2.45) is 0 Å². The van der Waals surface area contributed by atoms with E-state index in [1.54, 1.807) is 25.3 Å². The standard InChI is InChI=1S/C24H27FN2O3/c1-30-15-14-27-23(29)20-7-3-2-6-19(20)21(24(27)12-4-5-13-24)22(28)26-16-17-8-10-18(25)11-9-17/h2-3,6-11,21H,4-5,12-16H2,1H3,(H,26,28)/t21-/m0/s1. The second-order valence-electron chi connectivity index (χ2n) is 8.12. The number of carbonyl (C=O) groups excluding carboxylic acids is 2. The number of hydrogen-bond donors (Lipinski definition) is 1. The number of benzene rings is 2. The van der Waals surface area contributed by atoms with E-state index in [-0.39, 0.29) is 17.6 Å². The van der Waals surface area contributed by atoms with Gasteiger partial charge in [0.25, 0.3) is 5.91 Å². The first-order valence-corrected chi connectivity index (χ1v) is 10.5. The molecule has 1 spiro atoms. The zero-order valence-corrected chi connectivity index (χ0v) is 17.2. The number of methoxy groups -OCH3 is 1. The Labute approximate surface area is 176 Å². The highest BCUT2D eigenvalue weighted by Crippen LogP contribution is 2.50. The van der Waals surface area contributed by atoms with Crippen LogP contribution in [-0.4, -0.2) is 42.5 Å². The fourth-order valence-electron chi connectivity index (χ4n) is 5.07. The fraction of sp³-hybridized carbons (Fsp3) is 0.417. The lowest BCUT2D eigenvalue weighted by atomic mass is 9.71. The lowest BCUT2D eigenvalue weighted by Crippen LogP contribution is -2.61. The van der Waals surface area contributed by atoms with Crippen molar-refractivity contribution in [1.82, 2.24) is 10.2 Å². The molecule has 0 aromatic heterocycles. The minimum atomic E-state index is -0.531. The molecule has 158 valence electrons. The summed E-state index contributed by atoms with van der Waals surface area (Å²) in [7, 11) is 1.62. The molecule has 1 atom stereocenters. The number of halogens is 1. The summed E-state index contributed by atoms with van der Waals surface area (Å²) in [6.07, 6.45) is 3.57. The summed E-state index contributed by atoms with van der Waals surface area (Å²) in [6.45, 7) is 1.21. The van der Waals surface area contributed by atoms with Crippen LogP contribution in [0.4, 0.5) is 4.39 Å². The van der Waals surface area contributed by atoms with Gasteiger partial charge in [-0.05, 0) is 42.2 Å². The van der Waals surface area contributed by atoms with Gasteiger partial charge in [0.05, 0.1) is 18.1 Å². The van der Waals surface area contributed by atoms with Gasteiger partial charge in [-0.3, -0.25) is 9.59 Å². The summed E-state index contributed by atoms with van der Waals surface area (Å²) in [5, 5.41) is 3.04. The molecule has 1 heterocycles. The van der Waals surface area contributed by atoms with Crippen molar-refractivity contribution >= 4 is 11.8 Å². The average molecular weight is 410 g/mol. The van der Waals surface area contributed by atoms with Crippen molar-refractivity contribution in [2.45, 2.75) is 43.7 Å². The second-order valence-corrected chi connectivity index (χ2v) is 8.12. The number of nitrogens with one attached hydrogen (secondary N) is 1. The first-order chi connectivity index (χ1) is 14.6. The SMILES string of the molecule is COCCN1C(=O)c2ccccc2[C@@H](C(=O)NCc2ccc(F)cc2)C12CCCC2. The molecular weight excluding hydrogens is 383 g/mol. The first-order valence-electron chi connectivity index (χ1n) is 10.5. The maximum absolute atomic E-state index is 13.5. The molecule has 1 aliphatic carbocycles. The molecule has 5 nitrogen and oxygen atoms in total. The van der Waals surface area contributed by atoms with E-state index in [1.807, 2.05) is 23.1 Å². The molecule has 0 radical (unpaired) electrons. The minimum absolute atomic E-state index is 0.0212. The van der Waals surface area contributed by atoms with Gasteiger partial charge >= 0.3 is 0 Å². The maximum Gasteiger partial charge on any atom is 0.254 e. The molecular formula is C24H27FN2O3. The molecule has 2 amide bonds. The predicted octanol–water partition coefficient (Wildman–Crippen LogP) is 3.64. The number of amides is 2. The van der Waals surface area contributed by atoms with Gasteiger partial charge in [-0.15, -0.1) is 0 Å². The van der Waals surface area contributed by atoms with Gasteiger partial charge in [0.1, 0.15) is 5.82 Å². The molecule has 2 aromatic carbocycles. The van der Waals surface area contributed by atoms with Crippen LogP contribution < -0.4 is 5.32 Å². The van der Waals surface area contributed by atoms with Gasteiger partial charge in [-0.1, -0.05) is 43.2 Å². The van der Waals surface area contributed by atoms with Gasteiger partial charge in [-0.2, -0.15) is 0 Å². The molecule has 6 heteroatoms. The van der Waals surface area contributed by atoms with Crippen molar-refractivity contribution in [3.05, 3.63) is 71.0 Å². The van der Waals surface area contributed by atoms with E-state index in [9.17, 15) is 14.0 Å². The molecule has 2 aromatic rings. The highest BCUT2D eigenvalue weighted by Gasteiger charge is 2.55. The van der Waals surface area contributed by atoms with Gasteiger partial charge in [0, 0.05) is 25.8 Å². The Morgan fingerprint density at radius 3 is 2.57 bits per heavy atom. The molecule has 1 aliphatic heterocycles. The van der Waals surface area contributed by atoms with Gasteiger partial charge in [0.2, 0.25) is 5.91 Å². The molecule has 1 fully saturated rings. The van der Waals surface area contributed by atoms with Gasteiger partial charge < -0.3 is 15.0 Å². The Bertz CT molecular complexity index is 922. The van der Waals surface area contributed by atoms with Crippen LogP contribution in [0, 0.1) is 5.82 Å². The van der Waals surface area contributed by atoms with Crippen molar-refractivity contribution in [3.8, 4) is 0 Å². The van der Waals surface area contributed by atoms with Crippen LogP contribution in [0.3, 0.4) is 0 Å². The average Bonchev–Trinajstić information content (AvgIpc) is 3.23. The molecule has 0 unspecified atom stereocenters. The van der Waals surface area contributed by atoms with E-state index in [1.165, 1.54) is 12.1 Å². The van der Waals surface area contributed by atoms with Crippen LogP contribution in [0.2, 0.25) is 0 Å². The molecule has 2 aliphatic rings. The number of fused-ring (bicyclic) bond motifs is 1. The first kappa shape index (κ1) is 20.5. The topological polar surface area (TPSA) is 58.6 Å². The van der Waals surface area contributed by atoms with Crippen LogP contribution in [0.5, 0.6) is 0 Å². The number of hydrogen-bond acceptors (Lipinski definition) is 3. The highest BCUT2D eigenvalue weighted by atomic mass is 19.1. The summed E-state index contributed by atoms with van der Waals surface area (Å²) in [4.78, 5) is 28.8. The summed E-state index contributed by atoms with van der Waals surface area (Å²) < 4.78 is 18.5. The smallest absolute Gasteiger partial charge is 0.254 e. The molecule has 0 saturated heterocycles. The van der Waals surface area contributed by atoms with Crippen LogP contribution in [0.25, 0.3) is 0 Å². The zero-order chi connectivity index (χ0) is 21.1. The quantitative estimate of drug-likeness (QED) is 0.791. The Morgan fingerprint density at radius 2 is 1.87 bits per heavy atom. The fourth-order valence-corrected chi connectivity index (χ4v) is 5.07. The maximum atomic E-state index is 13.5. The molecule has 1 saturated carbocycles. The van der Waals surface area contributed by atoms with Crippen LogP contribution in [0.15, 0.2) is 48.5 Å². The Hall–Kier alpha value is -2.73. The Kier molecular flexibility index (Phi) is 5.86. The number of nitrogens with zero attached hydrogens (tertiary/aromatic N) is 1. The van der Waals surface area contributed by atoms with E-state index in [0.29, 0.717) is 25.3 Å². The highest BCUT2D eigenvalue weighted by molar-refractivity contribution is 6.02. The van der Waals surface area contributed by atoms with Crippen molar-refractivity contribution in [2.75, 3.05) is 20.3 Å². The third-order valence-corrected chi connectivity index (χ3v) is 6.45. The minimum Gasteiger partial charge on any atom is -0.383 e. The second kappa shape index (κ2) is 8.56. The van der Waals surface area contributed by atoms with E-state index in [2.05, 4.69) is 5.32 Å². The molecule has 1 N–H and O–H groups in total. The Balaban J connectivity index is 1.68. The molecule has 0 bridgehead atoms. The third kappa shape index (κ3) is 3.60. The van der Waals surface area contributed by atoms with Crippen LogP contribution in [-0.2, 0) is 16.1 Å². The lowest BCUT2D eigenvalue weighted by molar-refractivity contribution is -0.126. The van der Waals surface area contributed by atoms with E-state index < -0.39 is 11.5 Å². The number of rotatable bonds is 6. The van der Waals surface area contributed by atoms with Crippen LogP contribution >= 0.6 is 0 Å². The largest absolute Gasteiger partial charge is 0.383 e. The Morgan fingerprint density at radius 1 is 1.17 bits per heavy atom. The number of carbonyl (C=O) groups is 2. The van der Waals surface area contributed by atoms with E-state index in [0.717, 1.165) is 36.8 Å². The lowest BCUT2D eigenvalue weighted by Gasteiger charge is -2.50. The van der Waals surface area contributed by atoms with E-state index >= 15 is 0 Å². The van der Waals surface area contributed by atoms with Crippen LogP contribution in [0.1, 0.15) is 53.1 Å². The predicted molar refractivity (Wildman–Crippen MR) is 112 cm³/mol. The van der Waals surface area contributed by atoms with Crippen molar-refractivity contribution in [1.29, 1.82) is 0 Å². The van der Waals surface area contributed by atoms with Crippen molar-refractivity contribution in [3.63, 3.8) is 0 Å². The normalized spacial score (nSPS) is 19.7. The van der Waals surface area contributed by atoms with Crippen molar-refractivity contribution < 1.29 is 18.7 Å². The van der Waals surface area contributed by atoms with Gasteiger partial charge in [-0.25, -0.2) is 4.39 Å². The van der Waals surface area contributed by atoms with E-state index in [4.69, 9.17) is 4.74 Å². The summed E-state index contributed by atoms with van der Waals surface area (Å²) in [5.41, 5.74) is 1.70.